The molecule has 5 heteroatoms. The smallest absolute Gasteiger partial charge is 0.261 e. The first-order valence-electron chi connectivity index (χ1n) is 11.9. The molecule has 4 aromatic rings. The predicted octanol–water partition coefficient (Wildman–Crippen LogP) is 6.02. The van der Waals surface area contributed by atoms with E-state index < -0.39 is 0 Å². The van der Waals surface area contributed by atoms with Crippen LogP contribution in [0.25, 0.3) is 16.8 Å². The van der Waals surface area contributed by atoms with Crippen LogP contribution in [0.3, 0.4) is 0 Å². The van der Waals surface area contributed by atoms with Gasteiger partial charge in [0.25, 0.3) is 5.56 Å². The number of methoxy groups -OCH3 is 1. The Labute approximate surface area is 206 Å². The summed E-state index contributed by atoms with van der Waals surface area (Å²) in [6.45, 7) is 3.99. The number of unbranched alkanes of at least 4 members (excludes halogenated alkanes) is 1. The zero-order chi connectivity index (χ0) is 24.8. The molecule has 3 aromatic carbocycles. The van der Waals surface area contributed by atoms with Crippen molar-refractivity contribution in [3.05, 3.63) is 111 Å². The van der Waals surface area contributed by atoms with Gasteiger partial charge in [-0.3, -0.25) is 9.36 Å². The molecule has 0 fully saturated rings. The molecule has 5 nitrogen and oxygen atoms in total. The minimum atomic E-state index is -0.0984. The normalized spacial score (nSPS) is 10.7. The predicted molar refractivity (Wildman–Crippen MR) is 139 cm³/mol. The summed E-state index contributed by atoms with van der Waals surface area (Å²) in [5.74, 6) is 1.25. The van der Waals surface area contributed by atoms with E-state index in [1.54, 1.807) is 11.7 Å². The molecule has 0 aliphatic heterocycles. The quantitative estimate of drug-likeness (QED) is 0.320. The average molecular weight is 464 g/mol. The summed E-state index contributed by atoms with van der Waals surface area (Å²) in [5.41, 5.74) is 5.44. The van der Waals surface area contributed by atoms with Gasteiger partial charge in [-0.05, 0) is 54.7 Å². The van der Waals surface area contributed by atoms with Gasteiger partial charge in [0.1, 0.15) is 11.6 Å². The van der Waals surface area contributed by atoms with Gasteiger partial charge < -0.3 is 4.74 Å². The molecule has 4 rings (SSSR count). The summed E-state index contributed by atoms with van der Waals surface area (Å²) >= 11 is 0. The molecule has 35 heavy (non-hydrogen) atoms. The van der Waals surface area contributed by atoms with E-state index in [9.17, 15) is 10.1 Å². The Kier molecular flexibility index (Phi) is 7.42. The van der Waals surface area contributed by atoms with E-state index in [-0.39, 0.29) is 5.56 Å². The minimum Gasteiger partial charge on any atom is -0.495 e. The zero-order valence-corrected chi connectivity index (χ0v) is 20.4. The Morgan fingerprint density at radius 2 is 1.77 bits per heavy atom. The van der Waals surface area contributed by atoms with Crippen molar-refractivity contribution in [3.8, 4) is 28.6 Å². The third-order valence-electron chi connectivity index (χ3n) is 6.19. The molecule has 0 saturated heterocycles. The van der Waals surface area contributed by atoms with Crippen LogP contribution in [-0.4, -0.2) is 16.7 Å². The average Bonchev–Trinajstić information content (AvgIpc) is 2.90. The van der Waals surface area contributed by atoms with E-state index >= 15 is 0 Å². The van der Waals surface area contributed by atoms with Crippen molar-refractivity contribution in [1.29, 1.82) is 5.26 Å². The lowest BCUT2D eigenvalue weighted by atomic mass is 9.95. The first-order valence-corrected chi connectivity index (χ1v) is 11.9. The number of ether oxygens (including phenoxy) is 1. The van der Waals surface area contributed by atoms with E-state index in [0.717, 1.165) is 41.6 Å². The van der Waals surface area contributed by atoms with Crippen molar-refractivity contribution in [2.45, 2.75) is 39.5 Å². The second-order valence-electron chi connectivity index (χ2n) is 8.53. The molecule has 0 unspecified atom stereocenters. The van der Waals surface area contributed by atoms with Crippen LogP contribution in [0.4, 0.5) is 0 Å². The number of nitriles is 1. The van der Waals surface area contributed by atoms with Gasteiger partial charge in [0.15, 0.2) is 0 Å². The SMILES string of the molecule is CCCCc1nc(C)n(-c2ccccc2OC)c(=O)c1Cc1ccc(-c2ccccc2)c(C#N)c1. The number of para-hydroxylation sites is 2. The molecule has 0 aliphatic rings. The highest BCUT2D eigenvalue weighted by molar-refractivity contribution is 5.71. The Morgan fingerprint density at radius 3 is 2.49 bits per heavy atom. The summed E-state index contributed by atoms with van der Waals surface area (Å²) < 4.78 is 7.16. The molecular formula is C30H29N3O2. The zero-order valence-electron chi connectivity index (χ0n) is 20.4. The van der Waals surface area contributed by atoms with Gasteiger partial charge in [0.05, 0.1) is 30.1 Å². The van der Waals surface area contributed by atoms with Crippen LogP contribution in [0, 0.1) is 18.3 Å². The van der Waals surface area contributed by atoms with Crippen LogP contribution in [0.1, 0.15) is 48.0 Å². The highest BCUT2D eigenvalue weighted by Gasteiger charge is 2.19. The molecule has 0 saturated carbocycles. The number of aryl methyl sites for hydroxylation is 2. The van der Waals surface area contributed by atoms with Crippen molar-refractivity contribution in [2.24, 2.45) is 0 Å². The maximum Gasteiger partial charge on any atom is 0.261 e. The highest BCUT2D eigenvalue weighted by atomic mass is 16.5. The molecule has 0 amide bonds. The van der Waals surface area contributed by atoms with E-state index in [4.69, 9.17) is 9.72 Å². The number of benzene rings is 3. The monoisotopic (exact) mass is 463 g/mol. The van der Waals surface area contributed by atoms with Gasteiger partial charge >= 0.3 is 0 Å². The van der Waals surface area contributed by atoms with Gasteiger partial charge in [0, 0.05) is 12.0 Å². The van der Waals surface area contributed by atoms with E-state index in [0.29, 0.717) is 34.8 Å². The van der Waals surface area contributed by atoms with Crippen LogP contribution >= 0.6 is 0 Å². The van der Waals surface area contributed by atoms with Crippen molar-refractivity contribution in [1.82, 2.24) is 9.55 Å². The summed E-state index contributed by atoms with van der Waals surface area (Å²) in [6.07, 6.45) is 3.11. The van der Waals surface area contributed by atoms with E-state index in [1.165, 1.54) is 0 Å². The standard InChI is InChI=1S/C30H29N3O2/c1-4-5-13-27-26(30(34)33(21(2)32-27)28-14-9-10-15-29(28)35-3)19-22-16-17-25(24(18-22)20-31)23-11-7-6-8-12-23/h6-12,14-18H,4-5,13,19H2,1-3H3. The Balaban J connectivity index is 1.83. The molecule has 0 radical (unpaired) electrons. The highest BCUT2D eigenvalue weighted by Crippen LogP contribution is 2.26. The largest absolute Gasteiger partial charge is 0.495 e. The topological polar surface area (TPSA) is 67.9 Å². The Morgan fingerprint density at radius 1 is 1.03 bits per heavy atom. The van der Waals surface area contributed by atoms with Crippen LogP contribution in [0.2, 0.25) is 0 Å². The van der Waals surface area contributed by atoms with Crippen LogP contribution in [0.5, 0.6) is 5.75 Å². The fourth-order valence-corrected chi connectivity index (χ4v) is 4.41. The Hall–Kier alpha value is -4.17. The van der Waals surface area contributed by atoms with E-state index in [1.807, 2.05) is 79.7 Å². The molecule has 176 valence electrons. The van der Waals surface area contributed by atoms with Crippen molar-refractivity contribution in [2.75, 3.05) is 7.11 Å². The summed E-state index contributed by atoms with van der Waals surface area (Å²) in [6, 6.07) is 25.5. The summed E-state index contributed by atoms with van der Waals surface area (Å²) in [5, 5.41) is 9.84. The second kappa shape index (κ2) is 10.8. The number of nitrogens with zero attached hydrogens (tertiary/aromatic N) is 3. The maximum absolute atomic E-state index is 13.9. The van der Waals surface area contributed by atoms with Crippen LogP contribution < -0.4 is 10.3 Å². The first kappa shape index (κ1) is 24.0. The molecule has 1 heterocycles. The third-order valence-corrected chi connectivity index (χ3v) is 6.19. The summed E-state index contributed by atoms with van der Waals surface area (Å²) in [4.78, 5) is 18.8. The minimum absolute atomic E-state index is 0.0984. The molecule has 0 atom stereocenters. The molecule has 1 aromatic heterocycles. The lowest BCUT2D eigenvalue weighted by molar-refractivity contribution is 0.412. The maximum atomic E-state index is 13.9. The fourth-order valence-electron chi connectivity index (χ4n) is 4.41. The van der Waals surface area contributed by atoms with Gasteiger partial charge in [-0.1, -0.05) is 67.9 Å². The van der Waals surface area contributed by atoms with Gasteiger partial charge in [0.2, 0.25) is 0 Å². The van der Waals surface area contributed by atoms with Gasteiger partial charge in [-0.25, -0.2) is 4.98 Å². The van der Waals surface area contributed by atoms with Gasteiger partial charge in [-0.2, -0.15) is 5.26 Å². The number of rotatable bonds is 8. The third kappa shape index (κ3) is 5.02. The Bertz CT molecular complexity index is 1430. The lowest BCUT2D eigenvalue weighted by Crippen LogP contribution is -2.28. The summed E-state index contributed by atoms with van der Waals surface area (Å²) in [7, 11) is 1.60. The fraction of sp³-hybridized carbons (Fsp3) is 0.233. The van der Waals surface area contributed by atoms with Gasteiger partial charge in [-0.15, -0.1) is 0 Å². The lowest BCUT2D eigenvalue weighted by Gasteiger charge is -2.17. The number of hydrogen-bond donors (Lipinski definition) is 0. The van der Waals surface area contributed by atoms with E-state index in [2.05, 4.69) is 13.0 Å². The molecule has 0 aliphatic carbocycles. The van der Waals surface area contributed by atoms with Crippen molar-refractivity contribution < 1.29 is 4.74 Å². The molecule has 0 bridgehead atoms. The number of hydrogen-bond acceptors (Lipinski definition) is 4. The molecular weight excluding hydrogens is 434 g/mol. The second-order valence-corrected chi connectivity index (χ2v) is 8.53. The van der Waals surface area contributed by atoms with Crippen LogP contribution in [0.15, 0.2) is 77.6 Å². The number of aromatic nitrogens is 2. The molecule has 0 spiro atoms. The first-order chi connectivity index (χ1) is 17.1. The van der Waals surface area contributed by atoms with Crippen molar-refractivity contribution in [3.63, 3.8) is 0 Å². The van der Waals surface area contributed by atoms with Crippen LogP contribution in [-0.2, 0) is 12.8 Å². The van der Waals surface area contributed by atoms with Crippen molar-refractivity contribution >= 4 is 0 Å². The molecule has 0 N–H and O–H groups in total.